The van der Waals surface area contributed by atoms with Crippen LogP contribution in [-0.4, -0.2) is 19.3 Å². The van der Waals surface area contributed by atoms with Crippen LogP contribution in [0.15, 0.2) is 18.2 Å². The zero-order valence-electron chi connectivity index (χ0n) is 9.88. The third-order valence-electron chi connectivity index (χ3n) is 3.33. The first-order chi connectivity index (χ1) is 8.20. The van der Waals surface area contributed by atoms with Gasteiger partial charge in [0.2, 0.25) is 0 Å². The van der Waals surface area contributed by atoms with Crippen LogP contribution >= 0.6 is 11.6 Å². The van der Waals surface area contributed by atoms with Gasteiger partial charge in [-0.15, -0.1) is 0 Å². The maximum Gasteiger partial charge on any atom is 0.129 e. The summed E-state index contributed by atoms with van der Waals surface area (Å²) >= 11 is 5.71. The number of ether oxygens (including phenoxy) is 1. The number of methoxy groups -OCH3 is 1. The van der Waals surface area contributed by atoms with Gasteiger partial charge in [0.25, 0.3) is 0 Å². The molecule has 0 saturated heterocycles. The number of rotatable bonds is 4. The van der Waals surface area contributed by atoms with Gasteiger partial charge in [-0.25, -0.2) is 4.39 Å². The van der Waals surface area contributed by atoms with Crippen molar-refractivity contribution < 1.29 is 9.13 Å². The Morgan fingerprint density at radius 3 is 3.00 bits per heavy atom. The Bertz CT molecular complexity index is 386. The lowest BCUT2D eigenvalue weighted by atomic mass is 10.1. The Balaban J connectivity index is 1.93. The summed E-state index contributed by atoms with van der Waals surface area (Å²) in [6, 6.07) is 5.11. The highest BCUT2D eigenvalue weighted by Gasteiger charge is 2.26. The molecule has 0 amide bonds. The highest BCUT2D eigenvalue weighted by Crippen LogP contribution is 2.22. The third kappa shape index (κ3) is 3.18. The predicted octanol–water partition coefficient (Wildman–Crippen LogP) is 3.14. The van der Waals surface area contributed by atoms with Crippen LogP contribution in [0.3, 0.4) is 0 Å². The van der Waals surface area contributed by atoms with Crippen LogP contribution in [0.4, 0.5) is 4.39 Å². The molecule has 1 fully saturated rings. The summed E-state index contributed by atoms with van der Waals surface area (Å²) in [6.07, 6.45) is 3.59. The van der Waals surface area contributed by atoms with Crippen LogP contribution in [0, 0.1) is 5.82 Å². The minimum atomic E-state index is -0.253. The molecule has 0 radical (unpaired) electrons. The lowest BCUT2D eigenvalue weighted by Gasteiger charge is -2.19. The second-order valence-corrected chi connectivity index (χ2v) is 4.86. The molecule has 1 saturated carbocycles. The lowest BCUT2D eigenvalue weighted by Crippen LogP contribution is -2.36. The van der Waals surface area contributed by atoms with E-state index in [2.05, 4.69) is 5.32 Å². The van der Waals surface area contributed by atoms with E-state index in [9.17, 15) is 4.39 Å². The molecule has 94 valence electrons. The van der Waals surface area contributed by atoms with E-state index in [1.54, 1.807) is 19.2 Å². The Kier molecular flexibility index (Phi) is 4.37. The Morgan fingerprint density at radius 1 is 1.47 bits per heavy atom. The first kappa shape index (κ1) is 12.8. The van der Waals surface area contributed by atoms with E-state index in [4.69, 9.17) is 16.3 Å². The highest BCUT2D eigenvalue weighted by atomic mass is 35.5. The van der Waals surface area contributed by atoms with Crippen LogP contribution in [0.5, 0.6) is 0 Å². The van der Waals surface area contributed by atoms with Crippen molar-refractivity contribution in [2.45, 2.75) is 38.0 Å². The summed E-state index contributed by atoms with van der Waals surface area (Å²) < 4.78 is 18.9. The fourth-order valence-electron chi connectivity index (χ4n) is 2.35. The van der Waals surface area contributed by atoms with Crippen LogP contribution in [0.25, 0.3) is 0 Å². The molecule has 1 aromatic rings. The van der Waals surface area contributed by atoms with Crippen molar-refractivity contribution >= 4 is 11.6 Å². The van der Waals surface area contributed by atoms with E-state index in [-0.39, 0.29) is 11.9 Å². The maximum absolute atomic E-state index is 13.5. The molecule has 2 rings (SSSR count). The van der Waals surface area contributed by atoms with Gasteiger partial charge in [0, 0.05) is 30.3 Å². The van der Waals surface area contributed by atoms with Crippen molar-refractivity contribution in [3.05, 3.63) is 34.6 Å². The molecule has 2 nitrogen and oxygen atoms in total. The molecule has 0 aliphatic heterocycles. The predicted molar refractivity (Wildman–Crippen MR) is 66.7 cm³/mol. The average molecular weight is 258 g/mol. The van der Waals surface area contributed by atoms with Gasteiger partial charge < -0.3 is 10.1 Å². The van der Waals surface area contributed by atoms with Crippen molar-refractivity contribution in [3.63, 3.8) is 0 Å². The van der Waals surface area contributed by atoms with Crippen LogP contribution in [-0.2, 0) is 11.3 Å². The fraction of sp³-hybridized carbons (Fsp3) is 0.538. The van der Waals surface area contributed by atoms with Crippen molar-refractivity contribution in [1.29, 1.82) is 0 Å². The molecule has 2 atom stereocenters. The number of nitrogens with one attached hydrogen (secondary N) is 1. The molecule has 1 N–H and O–H groups in total. The highest BCUT2D eigenvalue weighted by molar-refractivity contribution is 6.30. The Labute approximate surface area is 106 Å². The van der Waals surface area contributed by atoms with Gasteiger partial charge in [-0.1, -0.05) is 17.7 Å². The number of benzene rings is 1. The zero-order chi connectivity index (χ0) is 12.3. The van der Waals surface area contributed by atoms with Crippen LogP contribution in [0.2, 0.25) is 5.02 Å². The van der Waals surface area contributed by atoms with Crippen molar-refractivity contribution in [3.8, 4) is 0 Å². The summed E-state index contributed by atoms with van der Waals surface area (Å²) in [7, 11) is 1.73. The fourth-order valence-corrected chi connectivity index (χ4v) is 2.51. The molecule has 4 heteroatoms. The monoisotopic (exact) mass is 257 g/mol. The normalized spacial score (nSPS) is 24.2. The van der Waals surface area contributed by atoms with E-state index in [1.807, 2.05) is 0 Å². The summed E-state index contributed by atoms with van der Waals surface area (Å²) in [4.78, 5) is 0. The van der Waals surface area contributed by atoms with Crippen molar-refractivity contribution in [2.75, 3.05) is 7.11 Å². The van der Waals surface area contributed by atoms with E-state index < -0.39 is 0 Å². The van der Waals surface area contributed by atoms with E-state index in [0.29, 0.717) is 23.2 Å². The second kappa shape index (κ2) is 5.80. The molecule has 0 heterocycles. The first-order valence-corrected chi connectivity index (χ1v) is 6.28. The molecule has 0 aromatic heterocycles. The summed E-state index contributed by atoms with van der Waals surface area (Å²) in [5.41, 5.74) is 0.649. The lowest BCUT2D eigenvalue weighted by molar-refractivity contribution is 0.0846. The van der Waals surface area contributed by atoms with E-state index >= 15 is 0 Å². The smallest absolute Gasteiger partial charge is 0.129 e. The van der Waals surface area contributed by atoms with Crippen molar-refractivity contribution in [2.24, 2.45) is 0 Å². The van der Waals surface area contributed by atoms with Gasteiger partial charge in [-0.05, 0) is 31.4 Å². The number of hydrogen-bond donors (Lipinski definition) is 1. The minimum absolute atomic E-state index is 0.253. The van der Waals surface area contributed by atoms with Crippen LogP contribution in [0.1, 0.15) is 24.8 Å². The molecule has 17 heavy (non-hydrogen) atoms. The molecule has 1 aliphatic rings. The van der Waals surface area contributed by atoms with Gasteiger partial charge in [-0.2, -0.15) is 0 Å². The molecular weight excluding hydrogens is 241 g/mol. The standard InChI is InChI=1S/C13H17ClFNO/c1-17-13-4-2-3-12(13)16-8-9-5-6-10(14)7-11(9)15/h5-7,12-13,16H,2-4,8H2,1H3. The maximum atomic E-state index is 13.5. The molecule has 2 unspecified atom stereocenters. The number of hydrogen-bond acceptors (Lipinski definition) is 2. The average Bonchev–Trinajstić information content (AvgIpc) is 2.75. The Hall–Kier alpha value is -0.640. The van der Waals surface area contributed by atoms with Gasteiger partial charge in [0.05, 0.1) is 6.10 Å². The quantitative estimate of drug-likeness (QED) is 0.895. The van der Waals surface area contributed by atoms with Crippen molar-refractivity contribution in [1.82, 2.24) is 5.32 Å². The topological polar surface area (TPSA) is 21.3 Å². The van der Waals surface area contributed by atoms with Gasteiger partial charge >= 0.3 is 0 Å². The third-order valence-corrected chi connectivity index (χ3v) is 3.56. The molecule has 1 aromatic carbocycles. The molecule has 0 spiro atoms. The molecular formula is C13H17ClFNO. The minimum Gasteiger partial charge on any atom is -0.380 e. The first-order valence-electron chi connectivity index (χ1n) is 5.91. The molecule has 1 aliphatic carbocycles. The largest absolute Gasteiger partial charge is 0.380 e. The van der Waals surface area contributed by atoms with Gasteiger partial charge in [0.1, 0.15) is 5.82 Å². The molecule has 0 bridgehead atoms. The summed E-state index contributed by atoms with van der Waals surface area (Å²) in [5, 5.41) is 3.78. The van der Waals surface area contributed by atoms with Gasteiger partial charge in [0.15, 0.2) is 0 Å². The van der Waals surface area contributed by atoms with Crippen LogP contribution < -0.4 is 5.32 Å². The van der Waals surface area contributed by atoms with E-state index in [1.165, 1.54) is 12.5 Å². The second-order valence-electron chi connectivity index (χ2n) is 4.43. The Morgan fingerprint density at radius 2 is 2.29 bits per heavy atom. The number of halogens is 2. The summed E-state index contributed by atoms with van der Waals surface area (Å²) in [6.45, 7) is 0.521. The zero-order valence-corrected chi connectivity index (χ0v) is 10.6. The summed E-state index contributed by atoms with van der Waals surface area (Å²) in [5.74, 6) is -0.253. The SMILES string of the molecule is COC1CCCC1NCc1ccc(Cl)cc1F. The van der Waals surface area contributed by atoms with E-state index in [0.717, 1.165) is 12.8 Å². The van der Waals surface area contributed by atoms with Gasteiger partial charge in [-0.3, -0.25) is 0 Å².